The minimum atomic E-state index is 0.469. The van der Waals surface area contributed by atoms with E-state index in [4.69, 9.17) is 17.0 Å². The van der Waals surface area contributed by atoms with Gasteiger partial charge in [-0.15, -0.1) is 0 Å². The van der Waals surface area contributed by atoms with Crippen LogP contribution in [0.4, 0.5) is 0 Å². The summed E-state index contributed by atoms with van der Waals surface area (Å²) in [7, 11) is 0. The standard InChI is InChI=1S/C23H32OS/c1-22-10-7-17(25)13-16(22)3-4-18-20-6-5-19(15-9-12-24-14-15)23(20,2)11-8-21(18)22/h3,9,12,14,17-21,25H,4-8,10-11,13H2,1-2H3/t17-,18-,19+,20-,21-,22-,23+/m0/s1. The van der Waals surface area contributed by atoms with Crippen molar-refractivity contribution < 1.29 is 4.42 Å². The van der Waals surface area contributed by atoms with Gasteiger partial charge >= 0.3 is 0 Å². The quantitative estimate of drug-likeness (QED) is 0.440. The van der Waals surface area contributed by atoms with Crippen LogP contribution in [0, 0.1) is 28.6 Å². The van der Waals surface area contributed by atoms with Gasteiger partial charge in [0, 0.05) is 5.25 Å². The Morgan fingerprint density at radius 3 is 2.76 bits per heavy atom. The average Bonchev–Trinajstić information content (AvgIpc) is 3.22. The van der Waals surface area contributed by atoms with Crippen LogP contribution in [-0.2, 0) is 0 Å². The molecule has 3 saturated carbocycles. The molecule has 0 unspecified atom stereocenters. The molecule has 25 heavy (non-hydrogen) atoms. The molecule has 0 aliphatic heterocycles. The highest BCUT2D eigenvalue weighted by Crippen LogP contribution is 2.68. The predicted octanol–water partition coefficient (Wildman–Crippen LogP) is 6.62. The summed E-state index contributed by atoms with van der Waals surface area (Å²) >= 11 is 4.80. The zero-order chi connectivity index (χ0) is 17.2. The van der Waals surface area contributed by atoms with Gasteiger partial charge < -0.3 is 4.42 Å². The lowest BCUT2D eigenvalue weighted by atomic mass is 9.47. The second-order valence-corrected chi connectivity index (χ2v) is 10.6. The van der Waals surface area contributed by atoms with E-state index in [2.05, 4.69) is 26.0 Å². The normalized spacial score (nSPS) is 49.1. The molecule has 7 atom stereocenters. The maximum Gasteiger partial charge on any atom is 0.0937 e. The minimum absolute atomic E-state index is 0.469. The Morgan fingerprint density at radius 2 is 1.96 bits per heavy atom. The summed E-state index contributed by atoms with van der Waals surface area (Å²) in [4.78, 5) is 0. The molecule has 0 N–H and O–H groups in total. The number of fused-ring (bicyclic) bond motifs is 5. The summed E-state index contributed by atoms with van der Waals surface area (Å²) in [6, 6.07) is 2.22. The van der Waals surface area contributed by atoms with Crippen LogP contribution < -0.4 is 0 Å². The smallest absolute Gasteiger partial charge is 0.0937 e. The molecule has 2 heteroatoms. The van der Waals surface area contributed by atoms with Crippen molar-refractivity contribution in [2.45, 2.75) is 76.4 Å². The Kier molecular flexibility index (Phi) is 3.76. The van der Waals surface area contributed by atoms with Crippen molar-refractivity contribution in [3.05, 3.63) is 35.8 Å². The van der Waals surface area contributed by atoms with Gasteiger partial charge in [0.25, 0.3) is 0 Å². The maximum atomic E-state index is 5.44. The van der Waals surface area contributed by atoms with Crippen molar-refractivity contribution in [2.24, 2.45) is 28.6 Å². The summed E-state index contributed by atoms with van der Waals surface area (Å²) in [5.74, 6) is 3.42. The van der Waals surface area contributed by atoms with Crippen LogP contribution in [0.3, 0.4) is 0 Å². The first-order valence-electron chi connectivity index (χ1n) is 10.4. The van der Waals surface area contributed by atoms with Crippen LogP contribution in [0.15, 0.2) is 34.7 Å². The topological polar surface area (TPSA) is 13.1 Å². The summed E-state index contributed by atoms with van der Waals surface area (Å²) in [6.07, 6.45) is 17.4. The average molecular weight is 357 g/mol. The third-order valence-electron chi connectivity index (χ3n) is 9.02. The largest absolute Gasteiger partial charge is 0.472 e. The highest BCUT2D eigenvalue weighted by Gasteiger charge is 2.58. The van der Waals surface area contributed by atoms with Gasteiger partial charge in [-0.3, -0.25) is 0 Å². The van der Waals surface area contributed by atoms with Gasteiger partial charge in [0.15, 0.2) is 0 Å². The summed E-state index contributed by atoms with van der Waals surface area (Å²) in [6.45, 7) is 5.20. The van der Waals surface area contributed by atoms with Gasteiger partial charge in [-0.05, 0) is 97.5 Å². The Bertz CT molecular complexity index is 676. The van der Waals surface area contributed by atoms with Gasteiger partial charge in [-0.25, -0.2) is 0 Å². The van der Waals surface area contributed by atoms with E-state index in [0.29, 0.717) is 22.0 Å². The van der Waals surface area contributed by atoms with Crippen LogP contribution >= 0.6 is 12.6 Å². The van der Waals surface area contributed by atoms with E-state index in [0.717, 1.165) is 17.8 Å². The lowest BCUT2D eigenvalue weighted by Gasteiger charge is -2.58. The molecule has 1 nitrogen and oxygen atoms in total. The molecule has 0 radical (unpaired) electrons. The molecule has 0 aromatic carbocycles. The molecule has 0 spiro atoms. The molecule has 136 valence electrons. The second kappa shape index (κ2) is 5.68. The van der Waals surface area contributed by atoms with Crippen LogP contribution in [0.2, 0.25) is 0 Å². The third kappa shape index (κ3) is 2.28. The summed E-state index contributed by atoms with van der Waals surface area (Å²) < 4.78 is 5.44. The van der Waals surface area contributed by atoms with E-state index in [1.54, 1.807) is 5.57 Å². The highest BCUT2D eigenvalue weighted by atomic mass is 32.1. The van der Waals surface area contributed by atoms with Crippen molar-refractivity contribution >= 4 is 12.6 Å². The monoisotopic (exact) mass is 356 g/mol. The Labute approximate surface area is 158 Å². The van der Waals surface area contributed by atoms with Gasteiger partial charge in [0.1, 0.15) is 0 Å². The molecule has 3 fully saturated rings. The lowest BCUT2D eigenvalue weighted by Crippen LogP contribution is -2.49. The highest BCUT2D eigenvalue weighted by molar-refractivity contribution is 7.80. The maximum absolute atomic E-state index is 5.44. The third-order valence-corrected chi connectivity index (χ3v) is 9.46. The molecule has 0 bridgehead atoms. The van der Waals surface area contributed by atoms with E-state index in [1.807, 2.05) is 12.5 Å². The van der Waals surface area contributed by atoms with E-state index < -0.39 is 0 Å². The van der Waals surface area contributed by atoms with E-state index >= 15 is 0 Å². The molecule has 4 aliphatic carbocycles. The minimum Gasteiger partial charge on any atom is -0.472 e. The summed E-state index contributed by atoms with van der Waals surface area (Å²) in [5, 5.41) is 0.599. The second-order valence-electron chi connectivity index (χ2n) is 9.89. The van der Waals surface area contributed by atoms with E-state index in [9.17, 15) is 0 Å². The fraction of sp³-hybridized carbons (Fsp3) is 0.739. The number of hydrogen-bond acceptors (Lipinski definition) is 2. The van der Waals surface area contributed by atoms with Crippen molar-refractivity contribution in [3.63, 3.8) is 0 Å². The number of furan rings is 1. The SMILES string of the molecule is C[C@]12CC[C@H]3[C@@H](CC=C4C[C@@H](S)CC[C@@]43C)[C@@H]1CC[C@@H]2c1ccoc1. The van der Waals surface area contributed by atoms with Gasteiger partial charge in [0.2, 0.25) is 0 Å². The van der Waals surface area contributed by atoms with Crippen LogP contribution in [0.5, 0.6) is 0 Å². The van der Waals surface area contributed by atoms with Crippen molar-refractivity contribution in [2.75, 3.05) is 0 Å². The Hall–Kier alpha value is -0.630. The molecule has 5 rings (SSSR count). The molecule has 1 heterocycles. The first-order chi connectivity index (χ1) is 12.0. The zero-order valence-electron chi connectivity index (χ0n) is 15.7. The molecule has 1 aromatic heterocycles. The first-order valence-corrected chi connectivity index (χ1v) is 10.9. The number of rotatable bonds is 1. The predicted molar refractivity (Wildman–Crippen MR) is 106 cm³/mol. The molecule has 1 aromatic rings. The Balaban J connectivity index is 1.47. The molecule has 0 saturated heterocycles. The van der Waals surface area contributed by atoms with Crippen LogP contribution in [0.1, 0.15) is 76.7 Å². The van der Waals surface area contributed by atoms with Crippen molar-refractivity contribution in [1.82, 2.24) is 0 Å². The lowest BCUT2D eigenvalue weighted by molar-refractivity contribution is -0.0303. The molecule has 0 amide bonds. The molecular weight excluding hydrogens is 324 g/mol. The first kappa shape index (κ1) is 16.5. The van der Waals surface area contributed by atoms with Gasteiger partial charge in [-0.1, -0.05) is 25.5 Å². The molecule has 4 aliphatic rings. The fourth-order valence-corrected chi connectivity index (χ4v) is 7.99. The van der Waals surface area contributed by atoms with Crippen LogP contribution in [0.25, 0.3) is 0 Å². The van der Waals surface area contributed by atoms with Crippen molar-refractivity contribution in [3.8, 4) is 0 Å². The van der Waals surface area contributed by atoms with E-state index in [-0.39, 0.29) is 0 Å². The number of hydrogen-bond donors (Lipinski definition) is 1. The summed E-state index contributed by atoms with van der Waals surface area (Å²) in [5.41, 5.74) is 4.16. The fourth-order valence-electron chi connectivity index (χ4n) is 7.66. The van der Waals surface area contributed by atoms with Gasteiger partial charge in [-0.2, -0.15) is 12.6 Å². The van der Waals surface area contributed by atoms with Crippen LogP contribution in [-0.4, -0.2) is 5.25 Å². The zero-order valence-corrected chi connectivity index (χ0v) is 16.6. The molecular formula is C23H32OS. The Morgan fingerprint density at radius 1 is 1.08 bits per heavy atom. The van der Waals surface area contributed by atoms with E-state index in [1.165, 1.54) is 56.9 Å². The van der Waals surface area contributed by atoms with Gasteiger partial charge in [0.05, 0.1) is 12.5 Å². The number of allylic oxidation sites excluding steroid dienone is 2. The number of thiol groups is 1. The van der Waals surface area contributed by atoms with Crippen molar-refractivity contribution in [1.29, 1.82) is 0 Å².